The van der Waals surface area contributed by atoms with Crippen LogP contribution >= 0.6 is 0 Å². The van der Waals surface area contributed by atoms with Gasteiger partial charge < -0.3 is 14.8 Å². The Bertz CT molecular complexity index is 696. The number of benzene rings is 1. The SMILES string of the molecule is CNc1cccc(C2CN(Cc3ccc(F)c(OC)c3)CCO2)n1. The summed E-state index contributed by atoms with van der Waals surface area (Å²) >= 11 is 0. The van der Waals surface area contributed by atoms with Crippen molar-refractivity contribution in [2.75, 3.05) is 39.2 Å². The second-order valence-corrected chi connectivity index (χ2v) is 5.76. The highest BCUT2D eigenvalue weighted by Gasteiger charge is 2.23. The highest BCUT2D eigenvalue weighted by atomic mass is 19.1. The van der Waals surface area contributed by atoms with E-state index in [0.29, 0.717) is 6.61 Å². The molecule has 1 N–H and O–H groups in total. The van der Waals surface area contributed by atoms with E-state index in [2.05, 4.69) is 15.2 Å². The van der Waals surface area contributed by atoms with Crippen molar-refractivity contribution in [3.05, 3.63) is 53.5 Å². The fourth-order valence-electron chi connectivity index (χ4n) is 2.86. The predicted octanol–water partition coefficient (Wildman–Crippen LogP) is 2.84. The van der Waals surface area contributed by atoms with Crippen molar-refractivity contribution < 1.29 is 13.9 Å². The van der Waals surface area contributed by atoms with Gasteiger partial charge in [-0.2, -0.15) is 0 Å². The molecule has 6 heteroatoms. The summed E-state index contributed by atoms with van der Waals surface area (Å²) in [6.07, 6.45) is -0.0607. The quantitative estimate of drug-likeness (QED) is 0.913. The summed E-state index contributed by atoms with van der Waals surface area (Å²) in [5.74, 6) is 0.770. The summed E-state index contributed by atoms with van der Waals surface area (Å²) in [6.45, 7) is 2.96. The largest absolute Gasteiger partial charge is 0.494 e. The summed E-state index contributed by atoms with van der Waals surface area (Å²) in [6, 6.07) is 10.9. The van der Waals surface area contributed by atoms with Crippen molar-refractivity contribution in [3.63, 3.8) is 0 Å². The number of aromatic nitrogens is 1. The Kier molecular flexibility index (Phi) is 5.27. The van der Waals surface area contributed by atoms with Gasteiger partial charge in [0.2, 0.25) is 0 Å². The molecule has 1 aromatic heterocycles. The van der Waals surface area contributed by atoms with Crippen LogP contribution in [0.3, 0.4) is 0 Å². The highest BCUT2D eigenvalue weighted by Crippen LogP contribution is 2.24. The van der Waals surface area contributed by atoms with Crippen LogP contribution in [-0.2, 0) is 11.3 Å². The Hall–Kier alpha value is -2.18. The fraction of sp³-hybridized carbons (Fsp3) is 0.389. The molecular weight excluding hydrogens is 309 g/mol. The van der Waals surface area contributed by atoms with E-state index in [4.69, 9.17) is 9.47 Å². The minimum absolute atomic E-state index is 0.0607. The van der Waals surface area contributed by atoms with Crippen molar-refractivity contribution in [1.82, 2.24) is 9.88 Å². The number of pyridine rings is 1. The van der Waals surface area contributed by atoms with Crippen LogP contribution < -0.4 is 10.1 Å². The number of ether oxygens (including phenoxy) is 2. The standard InChI is InChI=1S/C18H22FN3O2/c1-20-18-5-3-4-15(21-18)17-12-22(8-9-24-17)11-13-6-7-14(19)16(10-13)23-2/h3-7,10,17H,8-9,11-12H2,1-2H3,(H,20,21). The zero-order valence-electron chi connectivity index (χ0n) is 14.0. The number of methoxy groups -OCH3 is 1. The van der Waals surface area contributed by atoms with Gasteiger partial charge in [0.25, 0.3) is 0 Å². The van der Waals surface area contributed by atoms with Crippen LogP contribution in [0.1, 0.15) is 17.4 Å². The van der Waals surface area contributed by atoms with Crippen molar-refractivity contribution in [3.8, 4) is 5.75 Å². The molecule has 1 atom stereocenters. The average Bonchev–Trinajstić information content (AvgIpc) is 2.63. The maximum Gasteiger partial charge on any atom is 0.165 e. The highest BCUT2D eigenvalue weighted by molar-refractivity contribution is 5.35. The first-order chi connectivity index (χ1) is 11.7. The van der Waals surface area contributed by atoms with Crippen LogP contribution in [0, 0.1) is 5.82 Å². The molecule has 2 heterocycles. The van der Waals surface area contributed by atoms with E-state index in [9.17, 15) is 4.39 Å². The molecule has 1 fully saturated rings. The lowest BCUT2D eigenvalue weighted by atomic mass is 10.1. The van der Waals surface area contributed by atoms with E-state index in [0.717, 1.165) is 36.7 Å². The topological polar surface area (TPSA) is 46.6 Å². The molecule has 0 saturated carbocycles. The van der Waals surface area contributed by atoms with Gasteiger partial charge in [-0.3, -0.25) is 4.90 Å². The zero-order chi connectivity index (χ0) is 16.9. The number of morpholine rings is 1. The molecule has 0 aliphatic carbocycles. The van der Waals surface area contributed by atoms with Gasteiger partial charge in [-0.25, -0.2) is 9.37 Å². The molecular formula is C18H22FN3O2. The van der Waals surface area contributed by atoms with Gasteiger partial charge in [0.05, 0.1) is 19.4 Å². The van der Waals surface area contributed by atoms with Crippen LogP contribution in [0.25, 0.3) is 0 Å². The third kappa shape index (κ3) is 3.83. The molecule has 2 aromatic rings. The smallest absolute Gasteiger partial charge is 0.165 e. The second kappa shape index (κ2) is 7.59. The minimum atomic E-state index is -0.339. The molecule has 0 spiro atoms. The molecule has 0 bridgehead atoms. The molecule has 0 amide bonds. The molecule has 5 nitrogen and oxygen atoms in total. The van der Waals surface area contributed by atoms with Crippen LogP contribution in [-0.4, -0.2) is 43.7 Å². The maximum atomic E-state index is 13.5. The third-order valence-electron chi connectivity index (χ3n) is 4.13. The number of nitrogens with one attached hydrogen (secondary N) is 1. The lowest BCUT2D eigenvalue weighted by Crippen LogP contribution is -2.38. The summed E-state index contributed by atoms with van der Waals surface area (Å²) in [5.41, 5.74) is 1.94. The van der Waals surface area contributed by atoms with E-state index < -0.39 is 0 Å². The van der Waals surface area contributed by atoms with Gasteiger partial charge in [0.15, 0.2) is 11.6 Å². The van der Waals surface area contributed by atoms with Crippen LogP contribution in [0.15, 0.2) is 36.4 Å². The van der Waals surface area contributed by atoms with Crippen LogP contribution in [0.2, 0.25) is 0 Å². The molecule has 1 aliphatic rings. The van der Waals surface area contributed by atoms with Crippen LogP contribution in [0.5, 0.6) is 5.75 Å². The third-order valence-corrected chi connectivity index (χ3v) is 4.13. The number of hydrogen-bond acceptors (Lipinski definition) is 5. The Morgan fingerprint density at radius 3 is 3.04 bits per heavy atom. The Morgan fingerprint density at radius 2 is 2.25 bits per heavy atom. The summed E-state index contributed by atoms with van der Waals surface area (Å²) in [4.78, 5) is 6.85. The zero-order valence-corrected chi connectivity index (χ0v) is 14.0. The summed E-state index contributed by atoms with van der Waals surface area (Å²) in [5, 5.41) is 3.05. The van der Waals surface area contributed by atoms with E-state index >= 15 is 0 Å². The lowest BCUT2D eigenvalue weighted by molar-refractivity contribution is -0.0349. The van der Waals surface area contributed by atoms with Crippen molar-refractivity contribution >= 4 is 5.82 Å². The van der Waals surface area contributed by atoms with Crippen molar-refractivity contribution in [2.24, 2.45) is 0 Å². The number of halogens is 1. The van der Waals surface area contributed by atoms with Crippen LogP contribution in [0.4, 0.5) is 10.2 Å². The average molecular weight is 331 g/mol. The first-order valence-electron chi connectivity index (χ1n) is 8.00. The van der Waals surface area contributed by atoms with E-state index in [1.165, 1.54) is 13.2 Å². The monoisotopic (exact) mass is 331 g/mol. The summed E-state index contributed by atoms with van der Waals surface area (Å²) < 4.78 is 24.5. The Morgan fingerprint density at radius 1 is 1.38 bits per heavy atom. The molecule has 0 radical (unpaired) electrons. The van der Waals surface area contributed by atoms with Gasteiger partial charge in [-0.1, -0.05) is 12.1 Å². The minimum Gasteiger partial charge on any atom is -0.494 e. The predicted molar refractivity (Wildman–Crippen MR) is 90.7 cm³/mol. The summed E-state index contributed by atoms with van der Waals surface area (Å²) in [7, 11) is 3.33. The van der Waals surface area contributed by atoms with Gasteiger partial charge >= 0.3 is 0 Å². The normalized spacial score (nSPS) is 18.4. The van der Waals surface area contributed by atoms with Gasteiger partial charge in [0.1, 0.15) is 11.9 Å². The Balaban J connectivity index is 1.69. The molecule has 3 rings (SSSR count). The number of hydrogen-bond donors (Lipinski definition) is 1. The Labute approximate surface area is 141 Å². The molecule has 1 aliphatic heterocycles. The maximum absolute atomic E-state index is 13.5. The van der Waals surface area contributed by atoms with Crippen molar-refractivity contribution in [1.29, 1.82) is 0 Å². The number of nitrogens with zero attached hydrogens (tertiary/aromatic N) is 2. The van der Waals surface area contributed by atoms with E-state index in [1.54, 1.807) is 12.1 Å². The van der Waals surface area contributed by atoms with Gasteiger partial charge in [-0.05, 0) is 29.8 Å². The first-order valence-corrected chi connectivity index (χ1v) is 8.00. The number of rotatable bonds is 5. The number of anilines is 1. The molecule has 1 unspecified atom stereocenters. The van der Waals surface area contributed by atoms with E-state index in [1.807, 2.05) is 25.2 Å². The fourth-order valence-corrected chi connectivity index (χ4v) is 2.86. The van der Waals surface area contributed by atoms with Gasteiger partial charge in [0, 0.05) is 26.7 Å². The first kappa shape index (κ1) is 16.7. The molecule has 1 aromatic carbocycles. The second-order valence-electron chi connectivity index (χ2n) is 5.76. The van der Waals surface area contributed by atoms with Gasteiger partial charge in [-0.15, -0.1) is 0 Å². The van der Waals surface area contributed by atoms with E-state index in [-0.39, 0.29) is 17.7 Å². The lowest BCUT2D eigenvalue weighted by Gasteiger charge is -2.32. The molecule has 24 heavy (non-hydrogen) atoms. The molecule has 128 valence electrons. The molecule has 1 saturated heterocycles. The van der Waals surface area contributed by atoms with Crippen molar-refractivity contribution in [2.45, 2.75) is 12.6 Å².